The molecular weight excluding hydrogens is 853 g/mol. The van der Waals surface area contributed by atoms with Crippen molar-refractivity contribution in [3.05, 3.63) is 97.6 Å². The number of rotatable bonds is 13. The van der Waals surface area contributed by atoms with E-state index in [0.717, 1.165) is 28.9 Å². The van der Waals surface area contributed by atoms with Crippen molar-refractivity contribution in [1.29, 1.82) is 0 Å². The van der Waals surface area contributed by atoms with E-state index in [4.69, 9.17) is 0 Å². The molecular formula is C59H96O7S. The predicted octanol–water partition coefficient (Wildman–Crippen LogP) is 15.1. The Kier molecular flexibility index (Phi) is 32.9. The van der Waals surface area contributed by atoms with Gasteiger partial charge in [0.1, 0.15) is 40.4 Å². The summed E-state index contributed by atoms with van der Waals surface area (Å²) in [6, 6.07) is 13.0. The van der Waals surface area contributed by atoms with Crippen LogP contribution in [0.1, 0.15) is 213 Å². The van der Waals surface area contributed by atoms with Crippen molar-refractivity contribution in [2.75, 3.05) is 5.75 Å². The molecule has 0 aliphatic heterocycles. The summed E-state index contributed by atoms with van der Waals surface area (Å²) >= 11 is 1.70. The first-order chi connectivity index (χ1) is 29.4. The molecule has 0 saturated heterocycles. The smallest absolute Gasteiger partial charge is 0.139 e. The molecule has 1 N–H and O–H groups in total. The molecule has 1 unspecified atom stereocenters. The summed E-state index contributed by atoms with van der Waals surface area (Å²) in [6.07, 6.45) is 2.79. The third-order valence-corrected chi connectivity index (χ3v) is 11.6. The van der Waals surface area contributed by atoms with Gasteiger partial charge >= 0.3 is 0 Å². The number of aromatic hydroxyl groups is 1. The molecule has 3 aromatic carbocycles. The molecule has 0 amide bonds. The van der Waals surface area contributed by atoms with Crippen molar-refractivity contribution >= 4 is 46.5 Å². The average Bonchev–Trinajstić information content (AvgIpc) is 3.11. The summed E-state index contributed by atoms with van der Waals surface area (Å²) in [4.78, 5) is 63.2. The zero-order valence-electron chi connectivity index (χ0n) is 44.8. The van der Waals surface area contributed by atoms with Gasteiger partial charge in [-0.1, -0.05) is 127 Å². The van der Waals surface area contributed by atoms with Crippen LogP contribution in [0.3, 0.4) is 0 Å². The van der Waals surface area contributed by atoms with E-state index in [1.54, 1.807) is 39.5 Å². The Labute approximate surface area is 414 Å². The van der Waals surface area contributed by atoms with Crippen LogP contribution in [0.5, 0.6) is 5.75 Å². The predicted molar refractivity (Wildman–Crippen MR) is 291 cm³/mol. The SMILES string of the molecule is C.C.CC(=O)CC(C)=O.CC(=O)CC(C)Cc1cc(C)c(O)c(C(C)(C)C)c1.CC(=O)CSCc1cc(C)c(C)c(C(C)(C)C)c1.CC(=O)Cc1cc(C)c(C)c(C(C)(C)C)c1.CCC(C)=O. The molecule has 0 fully saturated rings. The Balaban J connectivity index is -0.000000391. The van der Waals surface area contributed by atoms with Crippen molar-refractivity contribution < 1.29 is 33.9 Å². The van der Waals surface area contributed by atoms with Crippen LogP contribution in [-0.2, 0) is 63.6 Å². The maximum Gasteiger partial charge on any atom is 0.139 e. The lowest BCUT2D eigenvalue weighted by molar-refractivity contribution is -0.125. The van der Waals surface area contributed by atoms with Crippen LogP contribution in [0.25, 0.3) is 0 Å². The minimum absolute atomic E-state index is 0. The van der Waals surface area contributed by atoms with E-state index < -0.39 is 0 Å². The number of ketones is 6. The molecule has 380 valence electrons. The van der Waals surface area contributed by atoms with Crippen LogP contribution >= 0.6 is 11.8 Å². The minimum atomic E-state index is -0.0747. The lowest BCUT2D eigenvalue weighted by Gasteiger charge is -2.24. The maximum absolute atomic E-state index is 11.2. The fourth-order valence-electron chi connectivity index (χ4n) is 7.07. The number of aryl methyl sites for hydroxylation is 3. The monoisotopic (exact) mass is 949 g/mol. The van der Waals surface area contributed by atoms with Gasteiger partial charge in [0.05, 0.1) is 12.2 Å². The van der Waals surface area contributed by atoms with Crippen molar-refractivity contribution in [3.8, 4) is 5.75 Å². The van der Waals surface area contributed by atoms with Crippen LogP contribution in [-0.4, -0.2) is 45.6 Å². The molecule has 0 radical (unpaired) electrons. The number of hydrogen-bond donors (Lipinski definition) is 1. The molecule has 7 nitrogen and oxygen atoms in total. The van der Waals surface area contributed by atoms with Crippen molar-refractivity contribution in [3.63, 3.8) is 0 Å². The van der Waals surface area contributed by atoms with E-state index in [2.05, 4.69) is 127 Å². The summed E-state index contributed by atoms with van der Waals surface area (Å²) in [5, 5.41) is 10.2. The number of phenols is 1. The Morgan fingerprint density at radius 3 is 1.22 bits per heavy atom. The molecule has 0 bridgehead atoms. The second-order valence-corrected chi connectivity index (χ2v) is 22.1. The van der Waals surface area contributed by atoms with E-state index in [9.17, 15) is 33.9 Å². The van der Waals surface area contributed by atoms with E-state index in [0.29, 0.717) is 36.7 Å². The van der Waals surface area contributed by atoms with Gasteiger partial charge in [-0.3, -0.25) is 19.2 Å². The van der Waals surface area contributed by atoms with Gasteiger partial charge in [-0.2, -0.15) is 0 Å². The molecule has 0 aliphatic rings. The van der Waals surface area contributed by atoms with E-state index in [1.165, 1.54) is 58.4 Å². The standard InChI is InChI=1S/C17H26O2.C16H24OS.C15H22O.C5H8O2.C4H8O.2CH4/c1-11(7-13(3)18)8-14-9-12(2)16(19)15(10-14)17(4,5)6;1-11-7-14(10-18-9-12(2)17)8-15(13(11)3)16(4,5)6;1-10-7-13(8-11(2)16)9-14(12(10)3)15(4,5)6;1-4(6)3-5(2)7;1-3-4(2)5;;/h9-11,19H,7-8H2,1-6H3;7-8H,9-10H2,1-6H3;7,9H,8H2,1-6H3;3H2,1-2H3;3H2,1-2H3;2*1H4. The van der Waals surface area contributed by atoms with Crippen LogP contribution in [0.2, 0.25) is 0 Å². The topological polar surface area (TPSA) is 123 Å². The highest BCUT2D eigenvalue weighted by Crippen LogP contribution is 2.35. The van der Waals surface area contributed by atoms with E-state index >= 15 is 0 Å². The Morgan fingerprint density at radius 2 is 0.896 bits per heavy atom. The number of carbonyl (C=O) groups excluding carboxylic acids is 6. The van der Waals surface area contributed by atoms with Gasteiger partial charge in [-0.15, -0.1) is 11.8 Å². The zero-order chi connectivity index (χ0) is 51.4. The molecule has 8 heteroatoms. The molecule has 3 aromatic rings. The third-order valence-electron chi connectivity index (χ3n) is 10.5. The number of thioether (sulfide) groups is 1. The fourth-order valence-corrected chi connectivity index (χ4v) is 7.86. The summed E-state index contributed by atoms with van der Waals surface area (Å²) in [6.45, 7) is 43.6. The highest BCUT2D eigenvalue weighted by Gasteiger charge is 2.22. The van der Waals surface area contributed by atoms with Crippen molar-refractivity contribution in [2.24, 2.45) is 5.92 Å². The lowest BCUT2D eigenvalue weighted by Crippen LogP contribution is -2.15. The first kappa shape index (κ1) is 69.4. The highest BCUT2D eigenvalue weighted by atomic mass is 32.2. The maximum atomic E-state index is 11.2. The number of Topliss-reactive ketones (excluding diaryl/α,β-unsaturated/α-hetero) is 6. The summed E-state index contributed by atoms with van der Waals surface area (Å²) in [5.41, 5.74) is 13.9. The Bertz CT molecular complexity index is 2050. The van der Waals surface area contributed by atoms with Gasteiger partial charge in [0.2, 0.25) is 0 Å². The average molecular weight is 949 g/mol. The van der Waals surface area contributed by atoms with Gasteiger partial charge < -0.3 is 14.7 Å². The first-order valence-corrected chi connectivity index (χ1v) is 24.2. The second-order valence-electron chi connectivity index (χ2n) is 21.2. The summed E-state index contributed by atoms with van der Waals surface area (Å²) in [7, 11) is 0. The quantitative estimate of drug-likeness (QED) is 0.168. The zero-order valence-corrected chi connectivity index (χ0v) is 45.6. The number of benzene rings is 3. The van der Waals surface area contributed by atoms with Crippen LogP contribution in [0.15, 0.2) is 36.4 Å². The first-order valence-electron chi connectivity index (χ1n) is 23.0. The fraction of sp³-hybridized carbons (Fsp3) is 0.593. The molecule has 0 aromatic heterocycles. The van der Waals surface area contributed by atoms with Crippen molar-refractivity contribution in [2.45, 2.75) is 221 Å². The van der Waals surface area contributed by atoms with Gasteiger partial charge in [-0.25, -0.2) is 0 Å². The van der Waals surface area contributed by atoms with Gasteiger partial charge in [0, 0.05) is 25.0 Å². The molecule has 0 spiro atoms. The molecule has 67 heavy (non-hydrogen) atoms. The van der Waals surface area contributed by atoms with Gasteiger partial charge in [0.15, 0.2) is 0 Å². The Morgan fingerprint density at radius 1 is 0.522 bits per heavy atom. The largest absolute Gasteiger partial charge is 0.507 e. The van der Waals surface area contributed by atoms with E-state index in [1.807, 2.05) is 19.9 Å². The number of carbonyl (C=O) groups is 6. The van der Waals surface area contributed by atoms with Crippen LogP contribution in [0.4, 0.5) is 0 Å². The third kappa shape index (κ3) is 30.0. The van der Waals surface area contributed by atoms with Gasteiger partial charge in [-0.05, 0) is 166 Å². The molecule has 3 rings (SSSR count). The number of hydrogen-bond acceptors (Lipinski definition) is 8. The Hall–Kier alpha value is -4.17. The number of phenolic OH excluding ortho intramolecular Hbond substituents is 1. The van der Waals surface area contributed by atoms with Crippen LogP contribution < -0.4 is 0 Å². The van der Waals surface area contributed by atoms with Gasteiger partial charge in [0.25, 0.3) is 0 Å². The highest BCUT2D eigenvalue weighted by molar-refractivity contribution is 7.99. The molecule has 0 saturated carbocycles. The molecule has 0 aliphatic carbocycles. The summed E-state index contributed by atoms with van der Waals surface area (Å²) in [5.74, 6) is 3.11. The molecule has 0 heterocycles. The second kappa shape index (κ2) is 31.8. The van der Waals surface area contributed by atoms with E-state index in [-0.39, 0.29) is 72.2 Å². The summed E-state index contributed by atoms with van der Waals surface area (Å²) < 4.78 is 0. The normalized spacial score (nSPS) is 11.1. The lowest BCUT2D eigenvalue weighted by atomic mass is 9.81. The van der Waals surface area contributed by atoms with Crippen molar-refractivity contribution in [1.82, 2.24) is 0 Å². The van der Waals surface area contributed by atoms with Crippen LogP contribution in [0, 0.1) is 40.5 Å². The molecule has 1 atom stereocenters. The minimum Gasteiger partial charge on any atom is -0.507 e.